The summed E-state index contributed by atoms with van der Waals surface area (Å²) in [4.78, 5) is 0. The van der Waals surface area contributed by atoms with E-state index in [2.05, 4.69) is 6.92 Å². The van der Waals surface area contributed by atoms with Gasteiger partial charge >= 0.3 is 0 Å². The van der Waals surface area contributed by atoms with Crippen LogP contribution in [0.5, 0.6) is 5.75 Å². The van der Waals surface area contributed by atoms with Crippen LogP contribution in [0.2, 0.25) is 5.02 Å². The van der Waals surface area contributed by atoms with Gasteiger partial charge < -0.3 is 10.5 Å². The molecule has 0 bridgehead atoms. The molecule has 3 heteroatoms. The normalized spacial score (nSPS) is 12.4. The molecule has 18 heavy (non-hydrogen) atoms. The summed E-state index contributed by atoms with van der Waals surface area (Å²) in [6.45, 7) is 2.22. The highest BCUT2D eigenvalue weighted by Crippen LogP contribution is 2.24. The highest BCUT2D eigenvalue weighted by molar-refractivity contribution is 6.30. The molecule has 0 saturated heterocycles. The van der Waals surface area contributed by atoms with Crippen molar-refractivity contribution in [2.24, 2.45) is 5.73 Å². The van der Waals surface area contributed by atoms with E-state index in [4.69, 9.17) is 22.1 Å². The Kier molecular flexibility index (Phi) is 7.14. The number of halogens is 1. The number of benzene rings is 1. The van der Waals surface area contributed by atoms with Crippen LogP contribution in [0.4, 0.5) is 0 Å². The topological polar surface area (TPSA) is 35.2 Å². The van der Waals surface area contributed by atoms with E-state index in [0.717, 1.165) is 29.2 Å². The summed E-state index contributed by atoms with van der Waals surface area (Å²) in [5.41, 5.74) is 7.27. The first-order valence-electron chi connectivity index (χ1n) is 6.75. The summed E-state index contributed by atoms with van der Waals surface area (Å²) in [5, 5.41) is 0.740. The zero-order valence-electron chi connectivity index (χ0n) is 11.4. The Bertz CT molecular complexity index is 354. The van der Waals surface area contributed by atoms with Gasteiger partial charge in [-0.1, -0.05) is 44.2 Å². The lowest BCUT2D eigenvalue weighted by molar-refractivity contribution is 0.406. The van der Waals surface area contributed by atoms with Gasteiger partial charge in [-0.15, -0.1) is 0 Å². The summed E-state index contributed by atoms with van der Waals surface area (Å²) < 4.78 is 5.33. The van der Waals surface area contributed by atoms with E-state index < -0.39 is 0 Å². The fraction of sp³-hybridized carbons (Fsp3) is 0.600. The van der Waals surface area contributed by atoms with Gasteiger partial charge in [-0.25, -0.2) is 0 Å². The Morgan fingerprint density at radius 3 is 2.72 bits per heavy atom. The molecule has 0 amide bonds. The zero-order valence-corrected chi connectivity index (χ0v) is 12.2. The fourth-order valence-corrected chi connectivity index (χ4v) is 2.32. The Morgan fingerprint density at radius 2 is 2.06 bits per heavy atom. The van der Waals surface area contributed by atoms with Gasteiger partial charge in [-0.05, 0) is 36.6 Å². The predicted molar refractivity (Wildman–Crippen MR) is 78.4 cm³/mol. The van der Waals surface area contributed by atoms with Crippen LogP contribution in [0.25, 0.3) is 0 Å². The second kappa shape index (κ2) is 8.39. The third-order valence-corrected chi connectivity index (χ3v) is 3.39. The molecule has 102 valence electrons. The van der Waals surface area contributed by atoms with Gasteiger partial charge in [-0.3, -0.25) is 0 Å². The number of unbranched alkanes of at least 4 members (excludes halogenated alkanes) is 3. The third-order valence-electron chi connectivity index (χ3n) is 3.15. The average molecular weight is 270 g/mol. The quantitative estimate of drug-likeness (QED) is 0.718. The van der Waals surface area contributed by atoms with Gasteiger partial charge in [-0.2, -0.15) is 0 Å². The van der Waals surface area contributed by atoms with Crippen LogP contribution in [0.1, 0.15) is 44.6 Å². The second-order valence-electron chi connectivity index (χ2n) is 4.77. The second-order valence-corrected chi connectivity index (χ2v) is 5.21. The Hall–Kier alpha value is -0.730. The van der Waals surface area contributed by atoms with Gasteiger partial charge in [0.1, 0.15) is 5.75 Å². The van der Waals surface area contributed by atoms with Gasteiger partial charge in [0.2, 0.25) is 0 Å². The summed E-state index contributed by atoms with van der Waals surface area (Å²) in [7, 11) is 1.68. The van der Waals surface area contributed by atoms with Gasteiger partial charge in [0.05, 0.1) is 7.11 Å². The molecule has 1 aromatic carbocycles. The number of rotatable bonds is 8. The van der Waals surface area contributed by atoms with Crippen LogP contribution in [0.3, 0.4) is 0 Å². The Balaban J connectivity index is 2.47. The van der Waals surface area contributed by atoms with Crippen molar-refractivity contribution in [3.63, 3.8) is 0 Å². The largest absolute Gasteiger partial charge is 0.496 e. The molecule has 0 aliphatic rings. The molecule has 0 saturated carbocycles. The third kappa shape index (κ3) is 5.28. The standard InChI is InChI=1S/C15H24ClNO/c1-3-4-5-6-7-14(17)11-12-10-13(16)8-9-15(12)18-2/h8-10,14H,3-7,11,17H2,1-2H3. The van der Waals surface area contributed by atoms with E-state index in [1.165, 1.54) is 25.7 Å². The molecule has 0 aliphatic heterocycles. The molecular formula is C15H24ClNO. The minimum Gasteiger partial charge on any atom is -0.496 e. The SMILES string of the molecule is CCCCCCC(N)Cc1cc(Cl)ccc1OC. The van der Waals surface area contributed by atoms with E-state index in [1.807, 2.05) is 18.2 Å². The molecular weight excluding hydrogens is 246 g/mol. The minimum atomic E-state index is 0.189. The minimum absolute atomic E-state index is 0.189. The van der Waals surface area contributed by atoms with E-state index in [-0.39, 0.29) is 6.04 Å². The number of nitrogens with two attached hydrogens (primary N) is 1. The Morgan fingerprint density at radius 1 is 1.28 bits per heavy atom. The van der Waals surface area contributed by atoms with Crippen molar-refractivity contribution in [1.29, 1.82) is 0 Å². The van der Waals surface area contributed by atoms with Gasteiger partial charge in [0.25, 0.3) is 0 Å². The van der Waals surface area contributed by atoms with Crippen LogP contribution < -0.4 is 10.5 Å². The molecule has 0 fully saturated rings. The molecule has 0 aromatic heterocycles. The van der Waals surface area contributed by atoms with Crippen molar-refractivity contribution in [2.75, 3.05) is 7.11 Å². The maximum absolute atomic E-state index is 6.16. The highest BCUT2D eigenvalue weighted by Gasteiger charge is 2.09. The first-order chi connectivity index (χ1) is 8.67. The van der Waals surface area contributed by atoms with Crippen LogP contribution in [-0.2, 0) is 6.42 Å². The van der Waals surface area contributed by atoms with E-state index in [9.17, 15) is 0 Å². The van der Waals surface area contributed by atoms with Crippen molar-refractivity contribution in [3.8, 4) is 5.75 Å². The lowest BCUT2D eigenvalue weighted by Gasteiger charge is -2.14. The molecule has 1 atom stereocenters. The lowest BCUT2D eigenvalue weighted by Crippen LogP contribution is -2.22. The van der Waals surface area contributed by atoms with E-state index in [1.54, 1.807) is 7.11 Å². The highest BCUT2D eigenvalue weighted by atomic mass is 35.5. The first-order valence-corrected chi connectivity index (χ1v) is 7.13. The summed E-state index contributed by atoms with van der Waals surface area (Å²) in [6, 6.07) is 5.89. The van der Waals surface area contributed by atoms with Crippen LogP contribution in [-0.4, -0.2) is 13.2 Å². The van der Waals surface area contributed by atoms with Crippen molar-refractivity contribution >= 4 is 11.6 Å². The van der Waals surface area contributed by atoms with Crippen molar-refractivity contribution in [3.05, 3.63) is 28.8 Å². The summed E-state index contributed by atoms with van der Waals surface area (Å²) in [5.74, 6) is 0.878. The van der Waals surface area contributed by atoms with Crippen molar-refractivity contribution < 1.29 is 4.74 Å². The maximum Gasteiger partial charge on any atom is 0.122 e. The molecule has 2 N–H and O–H groups in total. The van der Waals surface area contributed by atoms with Crippen molar-refractivity contribution in [2.45, 2.75) is 51.5 Å². The summed E-state index contributed by atoms with van der Waals surface area (Å²) >= 11 is 6.01. The van der Waals surface area contributed by atoms with Gasteiger partial charge in [0, 0.05) is 11.1 Å². The lowest BCUT2D eigenvalue weighted by atomic mass is 10.00. The zero-order chi connectivity index (χ0) is 13.4. The monoisotopic (exact) mass is 269 g/mol. The average Bonchev–Trinajstić information content (AvgIpc) is 2.35. The fourth-order valence-electron chi connectivity index (χ4n) is 2.12. The predicted octanol–water partition coefficient (Wildman–Crippen LogP) is 4.19. The van der Waals surface area contributed by atoms with E-state index in [0.29, 0.717) is 0 Å². The molecule has 1 aromatic rings. The Labute approximate surface area is 115 Å². The number of hydrogen-bond donors (Lipinski definition) is 1. The first kappa shape index (κ1) is 15.3. The molecule has 1 rings (SSSR count). The molecule has 0 radical (unpaired) electrons. The number of methoxy groups -OCH3 is 1. The molecule has 1 unspecified atom stereocenters. The number of ether oxygens (including phenoxy) is 1. The molecule has 0 heterocycles. The van der Waals surface area contributed by atoms with Crippen molar-refractivity contribution in [1.82, 2.24) is 0 Å². The maximum atomic E-state index is 6.16. The number of hydrogen-bond acceptors (Lipinski definition) is 2. The van der Waals surface area contributed by atoms with Crippen LogP contribution in [0.15, 0.2) is 18.2 Å². The smallest absolute Gasteiger partial charge is 0.122 e. The van der Waals surface area contributed by atoms with E-state index >= 15 is 0 Å². The molecule has 0 spiro atoms. The summed E-state index contributed by atoms with van der Waals surface area (Å²) in [6.07, 6.45) is 6.94. The van der Waals surface area contributed by atoms with Gasteiger partial charge in [0.15, 0.2) is 0 Å². The molecule has 0 aliphatic carbocycles. The van der Waals surface area contributed by atoms with Crippen LogP contribution >= 0.6 is 11.6 Å². The van der Waals surface area contributed by atoms with Crippen LogP contribution in [0, 0.1) is 0 Å². The molecule has 2 nitrogen and oxygen atoms in total.